The molecule has 108 valence electrons. The summed E-state index contributed by atoms with van der Waals surface area (Å²) in [5.41, 5.74) is 6.11. The van der Waals surface area contributed by atoms with Crippen molar-refractivity contribution in [3.8, 4) is 0 Å². The van der Waals surface area contributed by atoms with Gasteiger partial charge in [-0.05, 0) is 12.8 Å². The monoisotopic (exact) mass is 269 g/mol. The maximum atomic E-state index is 12.3. The Labute approximate surface area is 113 Å². The van der Waals surface area contributed by atoms with Gasteiger partial charge in [-0.1, -0.05) is 19.1 Å². The van der Waals surface area contributed by atoms with E-state index in [0.717, 1.165) is 12.8 Å². The number of rotatable bonds is 8. The molecule has 0 aliphatic heterocycles. The van der Waals surface area contributed by atoms with Gasteiger partial charge in [0.15, 0.2) is 0 Å². The van der Waals surface area contributed by atoms with Gasteiger partial charge in [0.2, 0.25) is 5.91 Å². The highest BCUT2D eigenvalue weighted by atomic mass is 16.3. The SMILES string of the molecule is CCC(CC)N(CCO)C(=O)Cn1cc(CN)nn1. The number of hydrogen-bond acceptors (Lipinski definition) is 5. The van der Waals surface area contributed by atoms with E-state index in [1.54, 1.807) is 11.1 Å². The fourth-order valence-electron chi connectivity index (χ4n) is 2.09. The van der Waals surface area contributed by atoms with Crippen molar-refractivity contribution in [2.24, 2.45) is 5.73 Å². The maximum Gasteiger partial charge on any atom is 0.244 e. The van der Waals surface area contributed by atoms with Crippen LogP contribution in [0.3, 0.4) is 0 Å². The van der Waals surface area contributed by atoms with Crippen LogP contribution in [0.5, 0.6) is 0 Å². The second-order valence-corrected chi connectivity index (χ2v) is 4.39. The molecule has 0 aromatic carbocycles. The average molecular weight is 269 g/mol. The Bertz CT molecular complexity index is 389. The molecule has 19 heavy (non-hydrogen) atoms. The molecule has 1 heterocycles. The fraction of sp³-hybridized carbons (Fsp3) is 0.750. The highest BCUT2D eigenvalue weighted by molar-refractivity contribution is 5.76. The predicted octanol–water partition coefficient (Wildman–Crippen LogP) is -0.254. The summed E-state index contributed by atoms with van der Waals surface area (Å²) in [6.45, 7) is 4.82. The zero-order valence-electron chi connectivity index (χ0n) is 11.6. The molecule has 0 radical (unpaired) electrons. The third-order valence-corrected chi connectivity index (χ3v) is 3.14. The molecular formula is C12H23N5O2. The van der Waals surface area contributed by atoms with E-state index in [-0.39, 0.29) is 25.1 Å². The second-order valence-electron chi connectivity index (χ2n) is 4.39. The lowest BCUT2D eigenvalue weighted by atomic mass is 10.1. The van der Waals surface area contributed by atoms with Gasteiger partial charge >= 0.3 is 0 Å². The van der Waals surface area contributed by atoms with Crippen LogP contribution >= 0.6 is 0 Å². The van der Waals surface area contributed by atoms with E-state index >= 15 is 0 Å². The van der Waals surface area contributed by atoms with E-state index in [2.05, 4.69) is 10.3 Å². The second kappa shape index (κ2) is 7.85. The molecule has 1 amide bonds. The topological polar surface area (TPSA) is 97.3 Å². The van der Waals surface area contributed by atoms with Crippen molar-refractivity contribution >= 4 is 5.91 Å². The number of hydrogen-bond donors (Lipinski definition) is 2. The van der Waals surface area contributed by atoms with E-state index in [1.165, 1.54) is 4.68 Å². The van der Waals surface area contributed by atoms with Crippen LogP contribution in [-0.4, -0.2) is 50.1 Å². The number of aliphatic hydroxyl groups is 1. The van der Waals surface area contributed by atoms with E-state index in [9.17, 15) is 4.79 Å². The molecule has 0 saturated heterocycles. The summed E-state index contributed by atoms with van der Waals surface area (Å²) in [4.78, 5) is 14.0. The molecule has 0 saturated carbocycles. The lowest BCUT2D eigenvalue weighted by Gasteiger charge is -2.29. The lowest BCUT2D eigenvalue weighted by Crippen LogP contribution is -2.43. The Morgan fingerprint density at radius 2 is 2.21 bits per heavy atom. The molecule has 1 aromatic heterocycles. The van der Waals surface area contributed by atoms with Gasteiger partial charge in [-0.25, -0.2) is 4.68 Å². The summed E-state index contributed by atoms with van der Waals surface area (Å²) >= 11 is 0. The highest BCUT2D eigenvalue weighted by Crippen LogP contribution is 2.09. The maximum absolute atomic E-state index is 12.3. The third kappa shape index (κ3) is 4.29. The summed E-state index contributed by atoms with van der Waals surface area (Å²) in [6.07, 6.45) is 3.41. The highest BCUT2D eigenvalue weighted by Gasteiger charge is 2.21. The van der Waals surface area contributed by atoms with E-state index < -0.39 is 0 Å². The Kier molecular flexibility index (Phi) is 6.44. The molecule has 0 fully saturated rings. The molecule has 1 aromatic rings. The van der Waals surface area contributed by atoms with Crippen molar-refractivity contribution in [1.29, 1.82) is 0 Å². The van der Waals surface area contributed by atoms with Crippen LogP contribution in [0.15, 0.2) is 6.20 Å². The Morgan fingerprint density at radius 3 is 2.68 bits per heavy atom. The van der Waals surface area contributed by atoms with E-state index in [1.807, 2.05) is 13.8 Å². The molecule has 3 N–H and O–H groups in total. The van der Waals surface area contributed by atoms with Crippen LogP contribution in [0.4, 0.5) is 0 Å². The van der Waals surface area contributed by atoms with Gasteiger partial charge in [-0.2, -0.15) is 0 Å². The first kappa shape index (κ1) is 15.6. The number of carbonyl (C=O) groups is 1. The normalized spacial score (nSPS) is 11.0. The first-order valence-electron chi connectivity index (χ1n) is 6.65. The fourth-order valence-corrected chi connectivity index (χ4v) is 2.09. The van der Waals surface area contributed by atoms with Crippen molar-refractivity contribution in [3.05, 3.63) is 11.9 Å². The van der Waals surface area contributed by atoms with Crippen molar-refractivity contribution in [2.45, 2.75) is 45.8 Å². The van der Waals surface area contributed by atoms with E-state index in [0.29, 0.717) is 18.8 Å². The van der Waals surface area contributed by atoms with E-state index in [4.69, 9.17) is 10.8 Å². The van der Waals surface area contributed by atoms with Gasteiger partial charge in [-0.15, -0.1) is 5.10 Å². The van der Waals surface area contributed by atoms with Gasteiger partial charge in [0, 0.05) is 19.1 Å². The average Bonchev–Trinajstić information content (AvgIpc) is 2.86. The molecule has 7 heteroatoms. The number of carbonyl (C=O) groups excluding carboxylic acids is 1. The molecule has 0 atom stereocenters. The minimum Gasteiger partial charge on any atom is -0.395 e. The third-order valence-electron chi connectivity index (χ3n) is 3.14. The van der Waals surface area contributed by atoms with Gasteiger partial charge in [0.05, 0.1) is 18.5 Å². The summed E-state index contributed by atoms with van der Waals surface area (Å²) in [7, 11) is 0. The number of aromatic nitrogens is 3. The quantitative estimate of drug-likeness (QED) is 0.678. The number of nitrogens with two attached hydrogens (primary N) is 1. The summed E-state index contributed by atoms with van der Waals surface area (Å²) < 4.78 is 1.48. The molecule has 0 unspecified atom stereocenters. The van der Waals surface area contributed by atoms with Crippen LogP contribution in [0.2, 0.25) is 0 Å². The van der Waals surface area contributed by atoms with Crippen LogP contribution in [0.1, 0.15) is 32.4 Å². The van der Waals surface area contributed by atoms with Crippen LogP contribution < -0.4 is 5.73 Å². The lowest BCUT2D eigenvalue weighted by molar-refractivity contribution is -0.135. The molecule has 1 rings (SSSR count). The minimum atomic E-state index is -0.0591. The minimum absolute atomic E-state index is 0.0341. The zero-order chi connectivity index (χ0) is 14.3. The summed E-state index contributed by atoms with van der Waals surface area (Å²) in [5, 5.41) is 16.8. The predicted molar refractivity (Wildman–Crippen MR) is 71.1 cm³/mol. The van der Waals surface area contributed by atoms with Gasteiger partial charge < -0.3 is 15.7 Å². The summed E-state index contributed by atoms with van der Waals surface area (Å²) in [5.74, 6) is -0.0591. The van der Waals surface area contributed by atoms with Crippen LogP contribution in [0, 0.1) is 0 Å². The van der Waals surface area contributed by atoms with Crippen molar-refractivity contribution < 1.29 is 9.90 Å². The van der Waals surface area contributed by atoms with Crippen molar-refractivity contribution in [3.63, 3.8) is 0 Å². The van der Waals surface area contributed by atoms with Gasteiger partial charge in [0.25, 0.3) is 0 Å². The van der Waals surface area contributed by atoms with Crippen LogP contribution in [-0.2, 0) is 17.9 Å². The molecule has 0 aliphatic carbocycles. The van der Waals surface area contributed by atoms with Gasteiger partial charge in [-0.3, -0.25) is 4.79 Å². The Hall–Kier alpha value is -1.47. The first-order valence-corrected chi connectivity index (χ1v) is 6.65. The number of aliphatic hydroxyl groups excluding tert-OH is 1. The molecule has 0 bridgehead atoms. The smallest absolute Gasteiger partial charge is 0.244 e. The first-order chi connectivity index (χ1) is 9.15. The standard InChI is InChI=1S/C12H23N5O2/c1-3-11(4-2)17(5-6-18)12(19)9-16-8-10(7-13)14-15-16/h8,11,18H,3-7,9,13H2,1-2H3. The largest absolute Gasteiger partial charge is 0.395 e. The van der Waals surface area contributed by atoms with Crippen molar-refractivity contribution in [2.75, 3.05) is 13.2 Å². The van der Waals surface area contributed by atoms with Crippen LogP contribution in [0.25, 0.3) is 0 Å². The van der Waals surface area contributed by atoms with Crippen molar-refractivity contribution in [1.82, 2.24) is 19.9 Å². The van der Waals surface area contributed by atoms with Gasteiger partial charge in [0.1, 0.15) is 6.54 Å². The molecule has 0 spiro atoms. The zero-order valence-corrected chi connectivity index (χ0v) is 11.6. The molecule has 7 nitrogen and oxygen atoms in total. The molecular weight excluding hydrogens is 246 g/mol. The Balaban J connectivity index is 2.70. The number of amides is 1. The number of nitrogens with zero attached hydrogens (tertiary/aromatic N) is 4. The Morgan fingerprint density at radius 1 is 1.53 bits per heavy atom. The summed E-state index contributed by atoms with van der Waals surface area (Å²) in [6, 6.07) is 0.150. The molecule has 0 aliphatic rings.